The zero-order valence-corrected chi connectivity index (χ0v) is 6.23. The molecule has 0 aliphatic rings. The van der Waals surface area contributed by atoms with Gasteiger partial charge in [-0.25, -0.2) is 0 Å². The Balaban J connectivity index is 0. The molecule has 0 bridgehead atoms. The first kappa shape index (κ1) is 11.4. The van der Waals surface area contributed by atoms with Crippen molar-refractivity contribution in [2.45, 2.75) is 0 Å². The van der Waals surface area contributed by atoms with Crippen molar-refractivity contribution in [2.24, 2.45) is 0 Å². The molecular formula is C4H10NO2Ti-. The second-order valence-corrected chi connectivity index (χ2v) is 1.12. The summed E-state index contributed by atoms with van der Waals surface area (Å²) in [5, 5.41) is 19.9. The molecule has 0 radical (unpaired) electrons. The molecule has 2 N–H and O–H groups in total. The Morgan fingerprint density at radius 3 is 1.62 bits per heavy atom. The number of hydrogen-bond acceptors (Lipinski definition) is 2. The van der Waals surface area contributed by atoms with Crippen LogP contribution in [-0.2, 0) is 21.7 Å². The third-order valence-electron chi connectivity index (χ3n) is 0.516. The van der Waals surface area contributed by atoms with Crippen molar-refractivity contribution in [3.05, 3.63) is 5.32 Å². The maximum absolute atomic E-state index is 8.12. The summed E-state index contributed by atoms with van der Waals surface area (Å²) in [6.07, 6.45) is 0. The summed E-state index contributed by atoms with van der Waals surface area (Å²) in [7, 11) is 0. The molecule has 0 aliphatic carbocycles. The summed E-state index contributed by atoms with van der Waals surface area (Å²) in [6.45, 7) is 1.06. The second kappa shape index (κ2) is 10.6. The number of aliphatic hydroxyl groups excluding tert-OH is 2. The molecule has 0 rings (SSSR count). The molecular weight excluding hydrogens is 142 g/mol. The van der Waals surface area contributed by atoms with E-state index in [-0.39, 0.29) is 34.9 Å². The number of nitrogens with zero attached hydrogens (tertiary/aromatic N) is 1. The zero-order valence-electron chi connectivity index (χ0n) is 4.67. The summed E-state index contributed by atoms with van der Waals surface area (Å²) in [4.78, 5) is 0. The van der Waals surface area contributed by atoms with Gasteiger partial charge in [-0.15, -0.1) is 13.1 Å². The van der Waals surface area contributed by atoms with Crippen molar-refractivity contribution in [1.29, 1.82) is 0 Å². The molecule has 0 heterocycles. The molecule has 0 atom stereocenters. The van der Waals surface area contributed by atoms with Gasteiger partial charge >= 0.3 is 0 Å². The van der Waals surface area contributed by atoms with E-state index in [1.54, 1.807) is 0 Å². The fourth-order valence-corrected chi connectivity index (χ4v) is 0.253. The Morgan fingerprint density at radius 1 is 1.00 bits per heavy atom. The SMILES string of the molecule is OCC[N-]CCO.[Ti]. The van der Waals surface area contributed by atoms with Crippen molar-refractivity contribution in [2.75, 3.05) is 26.3 Å². The minimum absolute atomic E-state index is 0. The van der Waals surface area contributed by atoms with Gasteiger partial charge in [0.15, 0.2) is 0 Å². The van der Waals surface area contributed by atoms with Crippen LogP contribution in [0.5, 0.6) is 0 Å². The van der Waals surface area contributed by atoms with Crippen LogP contribution in [-0.4, -0.2) is 36.5 Å². The van der Waals surface area contributed by atoms with E-state index in [1.165, 1.54) is 0 Å². The van der Waals surface area contributed by atoms with Gasteiger partial charge in [0.1, 0.15) is 0 Å². The van der Waals surface area contributed by atoms with Gasteiger partial charge in [0.25, 0.3) is 0 Å². The smallest absolute Gasteiger partial charge is 0.0243 e. The first-order chi connectivity index (χ1) is 3.41. The molecule has 0 aromatic heterocycles. The average Bonchev–Trinajstić information content (AvgIpc) is 1.69. The van der Waals surface area contributed by atoms with Crippen LogP contribution < -0.4 is 0 Å². The van der Waals surface area contributed by atoms with E-state index in [0.29, 0.717) is 13.1 Å². The molecule has 3 nitrogen and oxygen atoms in total. The molecule has 0 spiro atoms. The van der Waals surface area contributed by atoms with E-state index < -0.39 is 0 Å². The molecule has 48 valence electrons. The number of hydrogen-bond donors (Lipinski definition) is 2. The average molecular weight is 152 g/mol. The monoisotopic (exact) mass is 152 g/mol. The van der Waals surface area contributed by atoms with E-state index in [1.807, 2.05) is 0 Å². The van der Waals surface area contributed by atoms with E-state index in [0.717, 1.165) is 0 Å². The Bertz CT molecular complexity index is 33.2. The van der Waals surface area contributed by atoms with Crippen LogP contribution in [0.25, 0.3) is 5.32 Å². The van der Waals surface area contributed by atoms with Gasteiger partial charge in [-0.2, -0.15) is 0 Å². The van der Waals surface area contributed by atoms with Crippen LogP contribution >= 0.6 is 0 Å². The summed E-state index contributed by atoms with van der Waals surface area (Å²) in [5.41, 5.74) is 0. The molecule has 0 unspecified atom stereocenters. The molecule has 0 aliphatic heterocycles. The van der Waals surface area contributed by atoms with Crippen LogP contribution in [0.4, 0.5) is 0 Å². The standard InChI is InChI=1S/C4H10NO2.Ti/c6-3-1-5-2-4-7;/h6-7H,1-4H2;/q-1;. The van der Waals surface area contributed by atoms with Gasteiger partial charge in [0.05, 0.1) is 0 Å². The minimum atomic E-state index is 0. The maximum atomic E-state index is 8.12. The molecule has 0 saturated carbocycles. The predicted molar refractivity (Wildman–Crippen MR) is 27.3 cm³/mol. The first-order valence-electron chi connectivity index (χ1n) is 2.26. The fraction of sp³-hybridized carbons (Fsp3) is 1.00. The van der Waals surface area contributed by atoms with E-state index in [9.17, 15) is 0 Å². The molecule has 8 heavy (non-hydrogen) atoms. The third-order valence-corrected chi connectivity index (χ3v) is 0.516. The fourth-order valence-electron chi connectivity index (χ4n) is 0.253. The molecule has 0 amide bonds. The van der Waals surface area contributed by atoms with Gasteiger partial charge in [0, 0.05) is 34.9 Å². The Morgan fingerprint density at radius 2 is 1.38 bits per heavy atom. The van der Waals surface area contributed by atoms with Crippen LogP contribution in [0.2, 0.25) is 0 Å². The molecule has 0 aromatic rings. The van der Waals surface area contributed by atoms with Gasteiger partial charge in [-0.3, -0.25) is 0 Å². The summed E-state index contributed by atoms with van der Waals surface area (Å²) in [6, 6.07) is 0. The van der Waals surface area contributed by atoms with Crippen molar-refractivity contribution in [3.63, 3.8) is 0 Å². The Hall–Kier alpha value is 0.594. The second-order valence-electron chi connectivity index (χ2n) is 1.12. The molecule has 0 aromatic carbocycles. The summed E-state index contributed by atoms with van der Waals surface area (Å²) >= 11 is 0. The van der Waals surface area contributed by atoms with Gasteiger partial charge in [-0.1, -0.05) is 0 Å². The zero-order chi connectivity index (χ0) is 5.54. The number of aliphatic hydroxyl groups is 2. The quantitative estimate of drug-likeness (QED) is 0.415. The van der Waals surface area contributed by atoms with Crippen molar-refractivity contribution >= 4 is 0 Å². The number of rotatable bonds is 4. The van der Waals surface area contributed by atoms with Crippen LogP contribution in [0.1, 0.15) is 0 Å². The van der Waals surface area contributed by atoms with Crippen LogP contribution in [0, 0.1) is 0 Å². The molecule has 0 fully saturated rings. The third kappa shape index (κ3) is 9.78. The first-order valence-corrected chi connectivity index (χ1v) is 2.26. The minimum Gasteiger partial charge on any atom is -0.659 e. The largest absolute Gasteiger partial charge is 0.659 e. The summed E-state index contributed by atoms with van der Waals surface area (Å²) < 4.78 is 0. The Kier molecular flexibility index (Phi) is 15.0. The Labute approximate surface area is 64.0 Å². The van der Waals surface area contributed by atoms with Crippen molar-refractivity contribution < 1.29 is 31.9 Å². The van der Waals surface area contributed by atoms with Gasteiger partial charge in [-0.05, 0) is 0 Å². The van der Waals surface area contributed by atoms with Crippen molar-refractivity contribution in [1.82, 2.24) is 0 Å². The predicted octanol–water partition coefficient (Wildman–Crippen LogP) is -0.658. The van der Waals surface area contributed by atoms with Gasteiger partial charge in [0.2, 0.25) is 0 Å². The van der Waals surface area contributed by atoms with E-state index >= 15 is 0 Å². The summed E-state index contributed by atoms with van der Waals surface area (Å²) in [5.74, 6) is 0. The van der Waals surface area contributed by atoms with Gasteiger partial charge < -0.3 is 15.5 Å². The topological polar surface area (TPSA) is 54.6 Å². The van der Waals surface area contributed by atoms with E-state index in [2.05, 4.69) is 5.32 Å². The van der Waals surface area contributed by atoms with Crippen LogP contribution in [0.15, 0.2) is 0 Å². The maximum Gasteiger partial charge on any atom is 0.0243 e. The van der Waals surface area contributed by atoms with E-state index in [4.69, 9.17) is 10.2 Å². The van der Waals surface area contributed by atoms with Crippen molar-refractivity contribution in [3.8, 4) is 0 Å². The van der Waals surface area contributed by atoms with Crippen LogP contribution in [0.3, 0.4) is 0 Å². The molecule has 0 saturated heterocycles. The molecule has 4 heteroatoms. The normalized spacial score (nSPS) is 8.25.